The number of esters is 1. The summed E-state index contributed by atoms with van der Waals surface area (Å²) in [5.74, 6) is 0.168. The summed E-state index contributed by atoms with van der Waals surface area (Å²) in [5, 5.41) is 2.93. The maximum absolute atomic E-state index is 11.6. The molecular formula is C13H16N2O3S. The van der Waals surface area contributed by atoms with Crippen LogP contribution < -0.4 is 15.8 Å². The second kappa shape index (κ2) is 6.75. The SMILES string of the molecule is COC(=O)/C(C(=S)Nc1ccc(OC)cc1)=C(/C)N. The van der Waals surface area contributed by atoms with Gasteiger partial charge in [-0.1, -0.05) is 12.2 Å². The summed E-state index contributed by atoms with van der Waals surface area (Å²) >= 11 is 5.16. The maximum Gasteiger partial charge on any atom is 0.342 e. The first-order valence-corrected chi connectivity index (χ1v) is 5.90. The van der Waals surface area contributed by atoms with E-state index in [2.05, 4.69) is 10.1 Å². The van der Waals surface area contributed by atoms with E-state index in [9.17, 15) is 4.79 Å². The van der Waals surface area contributed by atoms with Gasteiger partial charge in [-0.25, -0.2) is 4.79 Å². The topological polar surface area (TPSA) is 73.6 Å². The van der Waals surface area contributed by atoms with Gasteiger partial charge >= 0.3 is 5.97 Å². The third kappa shape index (κ3) is 3.96. The van der Waals surface area contributed by atoms with Crippen LogP contribution in [0.15, 0.2) is 35.5 Å². The first-order chi connectivity index (χ1) is 8.99. The van der Waals surface area contributed by atoms with Gasteiger partial charge in [0.2, 0.25) is 0 Å². The molecule has 0 radical (unpaired) electrons. The molecule has 0 aliphatic carbocycles. The molecule has 1 rings (SSSR count). The van der Waals surface area contributed by atoms with Crippen LogP contribution in [-0.4, -0.2) is 25.2 Å². The zero-order valence-corrected chi connectivity index (χ0v) is 11.8. The van der Waals surface area contributed by atoms with Gasteiger partial charge in [0.05, 0.1) is 14.2 Å². The second-order valence-corrected chi connectivity index (χ2v) is 4.14. The molecule has 102 valence electrons. The van der Waals surface area contributed by atoms with E-state index < -0.39 is 5.97 Å². The predicted octanol–water partition coefficient (Wildman–Crippen LogP) is 1.84. The Morgan fingerprint density at radius 2 is 1.84 bits per heavy atom. The molecule has 0 saturated carbocycles. The van der Waals surface area contributed by atoms with Gasteiger partial charge in [-0.15, -0.1) is 0 Å². The number of hydrogen-bond donors (Lipinski definition) is 2. The normalized spacial score (nSPS) is 11.3. The van der Waals surface area contributed by atoms with Gasteiger partial charge < -0.3 is 20.5 Å². The first kappa shape index (κ1) is 15.0. The number of allylic oxidation sites excluding steroid dienone is 1. The van der Waals surface area contributed by atoms with Crippen molar-refractivity contribution in [1.29, 1.82) is 0 Å². The van der Waals surface area contributed by atoms with Crippen LogP contribution in [0.1, 0.15) is 6.92 Å². The molecule has 0 atom stereocenters. The van der Waals surface area contributed by atoms with Gasteiger partial charge in [0.1, 0.15) is 16.3 Å². The molecule has 0 heterocycles. The monoisotopic (exact) mass is 280 g/mol. The molecule has 1 aromatic rings. The molecule has 0 aliphatic heterocycles. The molecule has 0 spiro atoms. The van der Waals surface area contributed by atoms with Crippen molar-refractivity contribution in [3.63, 3.8) is 0 Å². The molecule has 0 amide bonds. The zero-order chi connectivity index (χ0) is 14.4. The standard InChI is InChI=1S/C13H16N2O3S/c1-8(14)11(13(16)18-3)12(19)15-9-4-6-10(17-2)7-5-9/h4-7H,14H2,1-3H3,(H,15,19)/b11-8-. The van der Waals surface area contributed by atoms with Gasteiger partial charge in [0, 0.05) is 11.4 Å². The van der Waals surface area contributed by atoms with Crippen molar-refractivity contribution >= 4 is 28.9 Å². The van der Waals surface area contributed by atoms with Crippen molar-refractivity contribution in [3.05, 3.63) is 35.5 Å². The van der Waals surface area contributed by atoms with Gasteiger partial charge in [0.25, 0.3) is 0 Å². The lowest BCUT2D eigenvalue weighted by Gasteiger charge is -2.12. The van der Waals surface area contributed by atoms with Crippen LogP contribution in [0.25, 0.3) is 0 Å². The largest absolute Gasteiger partial charge is 0.497 e. The minimum atomic E-state index is -0.564. The Hall–Kier alpha value is -2.08. The fraction of sp³-hybridized carbons (Fsp3) is 0.231. The lowest BCUT2D eigenvalue weighted by atomic mass is 10.2. The highest BCUT2D eigenvalue weighted by atomic mass is 32.1. The number of carbonyl (C=O) groups is 1. The maximum atomic E-state index is 11.6. The molecule has 0 saturated heterocycles. The van der Waals surface area contributed by atoms with E-state index in [1.165, 1.54) is 7.11 Å². The number of thiocarbonyl (C=S) groups is 1. The molecule has 19 heavy (non-hydrogen) atoms. The highest BCUT2D eigenvalue weighted by Crippen LogP contribution is 2.16. The number of ether oxygens (including phenoxy) is 2. The molecular weight excluding hydrogens is 264 g/mol. The summed E-state index contributed by atoms with van der Waals surface area (Å²) in [6.45, 7) is 1.59. The Kier molecular flexibility index (Phi) is 5.32. The zero-order valence-electron chi connectivity index (χ0n) is 11.0. The molecule has 5 nitrogen and oxygen atoms in total. The molecule has 0 bridgehead atoms. The van der Waals surface area contributed by atoms with E-state index in [1.807, 2.05) is 0 Å². The quantitative estimate of drug-likeness (QED) is 0.498. The lowest BCUT2D eigenvalue weighted by molar-refractivity contribution is -0.135. The van der Waals surface area contributed by atoms with E-state index in [1.54, 1.807) is 38.3 Å². The molecule has 3 N–H and O–H groups in total. The molecule has 0 unspecified atom stereocenters. The number of benzene rings is 1. The average Bonchev–Trinajstić information content (AvgIpc) is 2.39. The highest BCUT2D eigenvalue weighted by Gasteiger charge is 2.17. The van der Waals surface area contributed by atoms with Gasteiger partial charge in [-0.05, 0) is 31.2 Å². The van der Waals surface area contributed by atoms with Crippen LogP contribution in [0.5, 0.6) is 5.75 Å². The Morgan fingerprint density at radius 1 is 1.26 bits per heavy atom. The van der Waals surface area contributed by atoms with Crippen molar-refractivity contribution in [2.45, 2.75) is 6.92 Å². The molecule has 1 aromatic carbocycles. The molecule has 6 heteroatoms. The lowest BCUT2D eigenvalue weighted by Crippen LogP contribution is -2.23. The molecule has 0 aromatic heterocycles. The Morgan fingerprint density at radius 3 is 2.26 bits per heavy atom. The van der Waals surface area contributed by atoms with E-state index in [-0.39, 0.29) is 10.6 Å². The smallest absolute Gasteiger partial charge is 0.342 e. The van der Waals surface area contributed by atoms with E-state index in [0.717, 1.165) is 11.4 Å². The third-order valence-corrected chi connectivity index (χ3v) is 2.66. The predicted molar refractivity (Wildman–Crippen MR) is 78.1 cm³/mol. The van der Waals surface area contributed by atoms with Crippen LogP contribution in [-0.2, 0) is 9.53 Å². The summed E-state index contributed by atoms with van der Waals surface area (Å²) in [4.78, 5) is 11.8. The van der Waals surface area contributed by atoms with E-state index in [0.29, 0.717) is 5.70 Å². The van der Waals surface area contributed by atoms with Crippen molar-refractivity contribution < 1.29 is 14.3 Å². The van der Waals surface area contributed by atoms with Crippen LogP contribution in [0.3, 0.4) is 0 Å². The van der Waals surface area contributed by atoms with Gasteiger partial charge in [-0.3, -0.25) is 0 Å². The van der Waals surface area contributed by atoms with Crippen molar-refractivity contribution in [2.75, 3.05) is 19.5 Å². The fourth-order valence-electron chi connectivity index (χ4n) is 1.40. The van der Waals surface area contributed by atoms with Crippen LogP contribution >= 0.6 is 12.2 Å². The third-order valence-electron chi connectivity index (χ3n) is 2.36. The number of hydrogen-bond acceptors (Lipinski definition) is 5. The van der Waals surface area contributed by atoms with Crippen molar-refractivity contribution in [3.8, 4) is 5.75 Å². The summed E-state index contributed by atoms with van der Waals surface area (Å²) in [6, 6.07) is 7.13. The average molecular weight is 280 g/mol. The highest BCUT2D eigenvalue weighted by molar-refractivity contribution is 7.81. The fourth-order valence-corrected chi connectivity index (χ4v) is 1.76. The summed E-state index contributed by atoms with van der Waals surface area (Å²) in [5.41, 5.74) is 6.84. The number of rotatable bonds is 4. The molecule has 0 fully saturated rings. The van der Waals surface area contributed by atoms with Crippen LogP contribution in [0.4, 0.5) is 5.69 Å². The second-order valence-electron chi connectivity index (χ2n) is 3.73. The van der Waals surface area contributed by atoms with Gasteiger partial charge in [-0.2, -0.15) is 0 Å². The van der Waals surface area contributed by atoms with Crippen molar-refractivity contribution in [1.82, 2.24) is 0 Å². The molecule has 0 aliphatic rings. The van der Waals surface area contributed by atoms with Crippen LogP contribution in [0.2, 0.25) is 0 Å². The minimum Gasteiger partial charge on any atom is -0.497 e. The van der Waals surface area contributed by atoms with Gasteiger partial charge in [0.15, 0.2) is 0 Å². The first-order valence-electron chi connectivity index (χ1n) is 5.49. The van der Waals surface area contributed by atoms with Crippen LogP contribution in [0, 0.1) is 0 Å². The minimum absolute atomic E-state index is 0.160. The van der Waals surface area contributed by atoms with E-state index >= 15 is 0 Å². The van der Waals surface area contributed by atoms with E-state index in [4.69, 9.17) is 22.7 Å². The summed E-state index contributed by atoms with van der Waals surface area (Å²) < 4.78 is 9.70. The summed E-state index contributed by atoms with van der Waals surface area (Å²) in [6.07, 6.45) is 0. The Bertz CT molecular complexity index is 505. The number of methoxy groups -OCH3 is 2. The number of carbonyl (C=O) groups excluding carboxylic acids is 1. The summed E-state index contributed by atoms with van der Waals surface area (Å²) in [7, 11) is 2.87. The Balaban J connectivity index is 2.88. The number of anilines is 1. The number of nitrogens with two attached hydrogens (primary N) is 1. The Labute approximate surface area is 117 Å². The van der Waals surface area contributed by atoms with Crippen molar-refractivity contribution in [2.24, 2.45) is 5.73 Å². The number of nitrogens with one attached hydrogen (secondary N) is 1.